The third-order valence-electron chi connectivity index (χ3n) is 6.47. The summed E-state index contributed by atoms with van der Waals surface area (Å²) in [5.74, 6) is 4.98. The predicted octanol–water partition coefficient (Wildman–Crippen LogP) is 5.77. The smallest absolute Gasteiger partial charge is 0.134 e. The van der Waals surface area contributed by atoms with Gasteiger partial charge in [-0.15, -0.1) is 0 Å². The van der Waals surface area contributed by atoms with E-state index in [1.807, 2.05) is 0 Å². The number of rotatable bonds is 4. The molecule has 4 saturated carbocycles. The first kappa shape index (κ1) is 15.2. The number of hydrogen-bond acceptors (Lipinski definition) is 2. The molecule has 1 heterocycles. The van der Waals surface area contributed by atoms with E-state index in [0.717, 1.165) is 45.9 Å². The molecule has 0 radical (unpaired) electrons. The van der Waals surface area contributed by atoms with E-state index in [-0.39, 0.29) is 0 Å². The van der Waals surface area contributed by atoms with Crippen molar-refractivity contribution in [2.45, 2.75) is 50.6 Å². The maximum absolute atomic E-state index is 6.10. The molecule has 4 aliphatic rings. The van der Waals surface area contributed by atoms with Crippen molar-refractivity contribution in [3.05, 3.63) is 46.6 Å². The molecule has 24 heavy (non-hydrogen) atoms. The van der Waals surface area contributed by atoms with Gasteiger partial charge in [0.05, 0.1) is 6.54 Å². The number of furan rings is 1. The van der Waals surface area contributed by atoms with Crippen LogP contribution in [0.4, 0.5) is 0 Å². The van der Waals surface area contributed by atoms with Crippen LogP contribution in [-0.2, 0) is 6.54 Å². The fourth-order valence-corrected chi connectivity index (χ4v) is 6.11. The lowest BCUT2D eigenvalue weighted by atomic mass is 9.53. The summed E-state index contributed by atoms with van der Waals surface area (Å²) in [5, 5.41) is 3.92. The zero-order chi connectivity index (χ0) is 16.1. The van der Waals surface area contributed by atoms with Gasteiger partial charge in [-0.05, 0) is 80.5 Å². The van der Waals surface area contributed by atoms with Crippen LogP contribution >= 0.6 is 15.9 Å². The minimum atomic E-state index is 0.402. The quantitative estimate of drug-likeness (QED) is 0.722. The number of hydrogen-bond donors (Lipinski definition) is 1. The molecule has 4 fully saturated rings. The van der Waals surface area contributed by atoms with E-state index in [0.29, 0.717) is 5.54 Å². The van der Waals surface area contributed by atoms with Crippen LogP contribution in [0.5, 0.6) is 0 Å². The molecule has 4 bridgehead atoms. The van der Waals surface area contributed by atoms with Gasteiger partial charge >= 0.3 is 0 Å². The van der Waals surface area contributed by atoms with Crippen molar-refractivity contribution in [1.29, 1.82) is 0 Å². The zero-order valence-electron chi connectivity index (χ0n) is 13.9. The van der Waals surface area contributed by atoms with E-state index in [1.54, 1.807) is 0 Å². The van der Waals surface area contributed by atoms with Crippen molar-refractivity contribution in [2.24, 2.45) is 17.8 Å². The second-order valence-corrected chi connectivity index (χ2v) is 9.24. The van der Waals surface area contributed by atoms with Crippen LogP contribution in [0.1, 0.15) is 44.3 Å². The Morgan fingerprint density at radius 2 is 1.54 bits per heavy atom. The lowest BCUT2D eigenvalue weighted by molar-refractivity contribution is -0.0213. The van der Waals surface area contributed by atoms with Crippen molar-refractivity contribution in [3.8, 4) is 11.3 Å². The summed E-state index contributed by atoms with van der Waals surface area (Å²) in [6.45, 7) is 0.864. The maximum atomic E-state index is 6.10. The summed E-state index contributed by atoms with van der Waals surface area (Å²) in [6, 6.07) is 12.5. The van der Waals surface area contributed by atoms with Crippen molar-refractivity contribution < 1.29 is 4.42 Å². The maximum Gasteiger partial charge on any atom is 0.134 e. The molecule has 0 atom stereocenters. The van der Waals surface area contributed by atoms with Gasteiger partial charge in [0, 0.05) is 15.6 Å². The van der Waals surface area contributed by atoms with E-state index >= 15 is 0 Å². The van der Waals surface area contributed by atoms with E-state index in [2.05, 4.69) is 57.6 Å². The Morgan fingerprint density at radius 3 is 2.17 bits per heavy atom. The minimum Gasteiger partial charge on any atom is -0.460 e. The number of benzene rings is 1. The van der Waals surface area contributed by atoms with Crippen LogP contribution in [0.3, 0.4) is 0 Å². The second-order valence-electron chi connectivity index (χ2n) is 8.32. The average molecular weight is 386 g/mol. The molecular formula is C21H24BrNO. The van der Waals surface area contributed by atoms with E-state index in [4.69, 9.17) is 4.42 Å². The summed E-state index contributed by atoms with van der Waals surface area (Å²) in [5.41, 5.74) is 1.54. The van der Waals surface area contributed by atoms with Gasteiger partial charge in [0.25, 0.3) is 0 Å². The van der Waals surface area contributed by atoms with Gasteiger partial charge in [0.2, 0.25) is 0 Å². The van der Waals surface area contributed by atoms with Gasteiger partial charge in [-0.1, -0.05) is 28.1 Å². The molecule has 4 aliphatic carbocycles. The summed E-state index contributed by atoms with van der Waals surface area (Å²) >= 11 is 3.48. The fourth-order valence-electron chi connectivity index (χ4n) is 5.84. The number of halogens is 1. The van der Waals surface area contributed by atoms with Crippen molar-refractivity contribution in [3.63, 3.8) is 0 Å². The minimum absolute atomic E-state index is 0.402. The van der Waals surface area contributed by atoms with Crippen LogP contribution < -0.4 is 5.32 Å². The lowest BCUT2D eigenvalue weighted by Gasteiger charge is -2.57. The molecule has 2 nitrogen and oxygen atoms in total. The highest BCUT2D eigenvalue weighted by Crippen LogP contribution is 2.55. The van der Waals surface area contributed by atoms with Crippen LogP contribution in [0.2, 0.25) is 0 Å². The van der Waals surface area contributed by atoms with Gasteiger partial charge in [0.15, 0.2) is 0 Å². The highest BCUT2D eigenvalue weighted by atomic mass is 79.9. The first-order valence-electron chi connectivity index (χ1n) is 9.27. The summed E-state index contributed by atoms with van der Waals surface area (Å²) in [6.07, 6.45) is 8.65. The van der Waals surface area contributed by atoms with Crippen LogP contribution in [-0.4, -0.2) is 5.54 Å². The molecule has 0 amide bonds. The van der Waals surface area contributed by atoms with Gasteiger partial charge in [-0.3, -0.25) is 0 Å². The van der Waals surface area contributed by atoms with Crippen LogP contribution in [0, 0.1) is 17.8 Å². The molecule has 126 valence electrons. The van der Waals surface area contributed by atoms with Gasteiger partial charge in [-0.2, -0.15) is 0 Å². The van der Waals surface area contributed by atoms with E-state index in [1.165, 1.54) is 38.5 Å². The molecular weight excluding hydrogens is 362 g/mol. The van der Waals surface area contributed by atoms with Crippen LogP contribution in [0.15, 0.2) is 45.3 Å². The van der Waals surface area contributed by atoms with Crippen molar-refractivity contribution >= 4 is 15.9 Å². The van der Waals surface area contributed by atoms with Crippen molar-refractivity contribution in [2.75, 3.05) is 0 Å². The van der Waals surface area contributed by atoms with Gasteiger partial charge < -0.3 is 9.73 Å². The first-order chi connectivity index (χ1) is 11.7. The summed E-state index contributed by atoms with van der Waals surface area (Å²) in [4.78, 5) is 0. The van der Waals surface area contributed by atoms with E-state index < -0.39 is 0 Å². The molecule has 0 aliphatic heterocycles. The molecule has 1 aromatic carbocycles. The Hall–Kier alpha value is -1.06. The summed E-state index contributed by atoms with van der Waals surface area (Å²) in [7, 11) is 0. The average Bonchev–Trinajstić information content (AvgIpc) is 3.01. The molecule has 0 spiro atoms. The SMILES string of the molecule is Brc1ccc(-c2ccc(CNC34CC5CC(CC(C5)C3)C4)o2)cc1. The normalized spacial score (nSPS) is 34.0. The predicted molar refractivity (Wildman–Crippen MR) is 99.6 cm³/mol. The lowest BCUT2D eigenvalue weighted by Crippen LogP contribution is -2.58. The first-order valence-corrected chi connectivity index (χ1v) is 10.1. The van der Waals surface area contributed by atoms with Gasteiger partial charge in [-0.25, -0.2) is 0 Å². The molecule has 1 aromatic heterocycles. The molecule has 6 rings (SSSR count). The largest absolute Gasteiger partial charge is 0.460 e. The zero-order valence-corrected chi connectivity index (χ0v) is 15.5. The Morgan fingerprint density at radius 1 is 0.917 bits per heavy atom. The highest BCUT2D eigenvalue weighted by Gasteiger charge is 2.50. The molecule has 0 unspecified atom stereocenters. The van der Waals surface area contributed by atoms with Crippen molar-refractivity contribution in [1.82, 2.24) is 5.32 Å². The third kappa shape index (κ3) is 2.76. The molecule has 1 N–H and O–H groups in total. The topological polar surface area (TPSA) is 25.2 Å². The Bertz CT molecular complexity index is 697. The van der Waals surface area contributed by atoms with Gasteiger partial charge in [0.1, 0.15) is 11.5 Å². The Balaban J connectivity index is 1.28. The molecule has 2 aromatic rings. The molecule has 3 heteroatoms. The standard InChI is InChI=1S/C21H24BrNO/c22-18-3-1-17(2-4-18)20-6-5-19(24-20)13-23-21-10-14-7-15(11-21)9-16(8-14)12-21/h1-6,14-16,23H,7-13H2. The van der Waals surface area contributed by atoms with Crippen LogP contribution in [0.25, 0.3) is 11.3 Å². The molecule has 0 saturated heterocycles. The second kappa shape index (κ2) is 5.74. The fraction of sp³-hybridized carbons (Fsp3) is 0.524. The van der Waals surface area contributed by atoms with E-state index in [9.17, 15) is 0 Å². The Kier molecular flexibility index (Phi) is 3.64. The Labute approximate surface area is 152 Å². The monoisotopic (exact) mass is 385 g/mol. The summed E-state index contributed by atoms with van der Waals surface area (Å²) < 4.78 is 7.19. The third-order valence-corrected chi connectivity index (χ3v) is 6.99. The highest BCUT2D eigenvalue weighted by molar-refractivity contribution is 9.10. The number of nitrogens with one attached hydrogen (secondary N) is 1.